The number of aromatic nitrogens is 1. The second kappa shape index (κ2) is 10.2. The molecule has 1 aliphatic heterocycles. The zero-order valence-electron chi connectivity index (χ0n) is 18.3. The first kappa shape index (κ1) is 23.9. The standard InChI is InChI=1S/C22H28Cl2N2O4Si/c1-28-19-8-5-16(12-25-19)26-13-15(11-20(26)27)21-18(7-6-17(23)22(21)24)30-14-29-9-10-31(2,3)4/h5-8,12,15H,9-11,13-14H2,1-4H3. The summed E-state index contributed by atoms with van der Waals surface area (Å²) in [6.07, 6.45) is 1.93. The Morgan fingerprint density at radius 2 is 1.97 bits per heavy atom. The second-order valence-corrected chi connectivity index (χ2v) is 15.1. The van der Waals surface area contributed by atoms with E-state index in [1.165, 1.54) is 0 Å². The van der Waals surface area contributed by atoms with E-state index < -0.39 is 8.07 Å². The zero-order valence-corrected chi connectivity index (χ0v) is 20.8. The minimum atomic E-state index is -1.16. The normalized spacial score (nSPS) is 16.6. The molecule has 9 heteroatoms. The number of amides is 1. The molecule has 2 aromatic rings. The topological polar surface area (TPSA) is 60.9 Å². The van der Waals surface area contributed by atoms with Gasteiger partial charge in [-0.1, -0.05) is 42.8 Å². The summed E-state index contributed by atoms with van der Waals surface area (Å²) < 4.78 is 16.7. The predicted molar refractivity (Wildman–Crippen MR) is 127 cm³/mol. The van der Waals surface area contributed by atoms with Crippen molar-refractivity contribution >= 4 is 42.9 Å². The van der Waals surface area contributed by atoms with Crippen molar-refractivity contribution in [1.29, 1.82) is 0 Å². The molecule has 168 valence electrons. The van der Waals surface area contributed by atoms with Crippen LogP contribution in [0.3, 0.4) is 0 Å². The maximum absolute atomic E-state index is 12.7. The van der Waals surface area contributed by atoms with Crippen molar-refractivity contribution in [2.75, 3.05) is 32.0 Å². The Labute approximate surface area is 194 Å². The maximum atomic E-state index is 12.7. The van der Waals surface area contributed by atoms with Gasteiger partial charge < -0.3 is 19.1 Å². The van der Waals surface area contributed by atoms with Crippen molar-refractivity contribution < 1.29 is 19.0 Å². The van der Waals surface area contributed by atoms with Crippen LogP contribution in [0, 0.1) is 0 Å². The molecule has 3 rings (SSSR count). The Bertz CT molecular complexity index is 919. The van der Waals surface area contributed by atoms with E-state index in [-0.39, 0.29) is 18.6 Å². The van der Waals surface area contributed by atoms with Crippen LogP contribution >= 0.6 is 23.2 Å². The number of ether oxygens (including phenoxy) is 3. The molecule has 2 heterocycles. The molecule has 1 aromatic carbocycles. The molecule has 0 spiro atoms. The van der Waals surface area contributed by atoms with Crippen LogP contribution in [0.25, 0.3) is 0 Å². The molecule has 1 unspecified atom stereocenters. The van der Waals surface area contributed by atoms with Crippen LogP contribution in [0.5, 0.6) is 11.6 Å². The summed E-state index contributed by atoms with van der Waals surface area (Å²) in [7, 11) is 0.388. The molecule has 0 N–H and O–H groups in total. The van der Waals surface area contributed by atoms with E-state index in [4.69, 9.17) is 37.4 Å². The van der Waals surface area contributed by atoms with Gasteiger partial charge in [-0.2, -0.15) is 0 Å². The first-order valence-corrected chi connectivity index (χ1v) is 14.6. The number of halogens is 2. The second-order valence-electron chi connectivity index (χ2n) is 8.72. The summed E-state index contributed by atoms with van der Waals surface area (Å²) in [6.45, 7) is 8.15. The van der Waals surface area contributed by atoms with Gasteiger partial charge in [0.1, 0.15) is 5.75 Å². The van der Waals surface area contributed by atoms with Crippen LogP contribution < -0.4 is 14.4 Å². The first-order chi connectivity index (χ1) is 14.7. The summed E-state index contributed by atoms with van der Waals surface area (Å²) >= 11 is 12.8. The molecule has 0 bridgehead atoms. The molecule has 1 fully saturated rings. The molecule has 1 aromatic heterocycles. The Morgan fingerprint density at radius 1 is 1.19 bits per heavy atom. The maximum Gasteiger partial charge on any atom is 0.227 e. The van der Waals surface area contributed by atoms with Crippen LogP contribution in [0.4, 0.5) is 5.69 Å². The third-order valence-corrected chi connectivity index (χ3v) is 7.68. The van der Waals surface area contributed by atoms with Crippen molar-refractivity contribution in [3.8, 4) is 11.6 Å². The van der Waals surface area contributed by atoms with E-state index in [1.54, 1.807) is 36.4 Å². The van der Waals surface area contributed by atoms with Crippen LogP contribution in [0.2, 0.25) is 35.7 Å². The minimum Gasteiger partial charge on any atom is -0.481 e. The zero-order chi connectivity index (χ0) is 22.6. The van der Waals surface area contributed by atoms with E-state index >= 15 is 0 Å². The number of anilines is 1. The number of pyridine rings is 1. The summed E-state index contributed by atoms with van der Waals surface area (Å²) in [4.78, 5) is 18.6. The average molecular weight is 483 g/mol. The lowest BCUT2D eigenvalue weighted by molar-refractivity contribution is -0.117. The number of carbonyl (C=O) groups excluding carboxylic acids is 1. The molecule has 31 heavy (non-hydrogen) atoms. The van der Waals surface area contributed by atoms with Gasteiger partial charge in [0.15, 0.2) is 6.79 Å². The summed E-state index contributed by atoms with van der Waals surface area (Å²) in [5.74, 6) is 0.924. The fraction of sp³-hybridized carbons (Fsp3) is 0.455. The van der Waals surface area contributed by atoms with Crippen molar-refractivity contribution in [2.45, 2.75) is 38.0 Å². The molecule has 0 aliphatic carbocycles. The van der Waals surface area contributed by atoms with Gasteiger partial charge in [-0.25, -0.2) is 4.98 Å². The van der Waals surface area contributed by atoms with Gasteiger partial charge in [0.05, 0.1) is 29.0 Å². The van der Waals surface area contributed by atoms with Gasteiger partial charge in [0.25, 0.3) is 0 Å². The van der Waals surface area contributed by atoms with Gasteiger partial charge >= 0.3 is 0 Å². The average Bonchev–Trinajstić information content (AvgIpc) is 3.10. The number of carbonyl (C=O) groups is 1. The summed E-state index contributed by atoms with van der Waals surface area (Å²) in [6, 6.07) is 8.09. The molecule has 6 nitrogen and oxygen atoms in total. The third kappa shape index (κ3) is 6.13. The van der Waals surface area contributed by atoms with Crippen molar-refractivity contribution in [1.82, 2.24) is 4.98 Å². The highest BCUT2D eigenvalue weighted by Crippen LogP contribution is 2.43. The van der Waals surface area contributed by atoms with E-state index in [0.29, 0.717) is 46.9 Å². The van der Waals surface area contributed by atoms with Crippen LogP contribution in [-0.4, -0.2) is 46.0 Å². The first-order valence-electron chi connectivity index (χ1n) is 10.2. The fourth-order valence-electron chi connectivity index (χ4n) is 3.40. The third-order valence-electron chi connectivity index (χ3n) is 5.16. The molecule has 0 radical (unpaired) electrons. The van der Waals surface area contributed by atoms with Gasteiger partial charge in [-0.05, 0) is 24.2 Å². The smallest absolute Gasteiger partial charge is 0.227 e. The number of rotatable bonds is 9. The Balaban J connectivity index is 1.73. The SMILES string of the molecule is COc1ccc(N2CC(c3c(OCOCC[Si](C)(C)C)ccc(Cl)c3Cl)CC2=O)cn1. The lowest BCUT2D eigenvalue weighted by Gasteiger charge is -2.20. The van der Waals surface area contributed by atoms with Crippen LogP contribution in [0.15, 0.2) is 30.5 Å². The minimum absolute atomic E-state index is 0.00894. The van der Waals surface area contributed by atoms with Crippen molar-refractivity contribution in [3.05, 3.63) is 46.1 Å². The highest BCUT2D eigenvalue weighted by molar-refractivity contribution is 6.76. The number of hydrogen-bond acceptors (Lipinski definition) is 5. The van der Waals surface area contributed by atoms with Crippen LogP contribution in [0.1, 0.15) is 17.9 Å². The number of hydrogen-bond donors (Lipinski definition) is 0. The Morgan fingerprint density at radius 3 is 2.61 bits per heavy atom. The Kier molecular flexibility index (Phi) is 7.86. The van der Waals surface area contributed by atoms with Crippen LogP contribution in [-0.2, 0) is 9.53 Å². The van der Waals surface area contributed by atoms with Gasteiger partial charge in [0, 0.05) is 45.2 Å². The van der Waals surface area contributed by atoms with Gasteiger partial charge in [-0.15, -0.1) is 0 Å². The monoisotopic (exact) mass is 482 g/mol. The summed E-state index contributed by atoms with van der Waals surface area (Å²) in [5, 5.41) is 0.842. The molecule has 1 aliphatic rings. The van der Waals surface area contributed by atoms with E-state index in [1.807, 2.05) is 6.07 Å². The molecule has 1 atom stereocenters. The lowest BCUT2D eigenvalue weighted by atomic mass is 9.97. The largest absolute Gasteiger partial charge is 0.481 e. The molecular formula is C22H28Cl2N2O4Si. The molecule has 0 saturated carbocycles. The molecular weight excluding hydrogens is 455 g/mol. The molecule has 1 saturated heterocycles. The fourth-order valence-corrected chi connectivity index (χ4v) is 4.63. The van der Waals surface area contributed by atoms with E-state index in [9.17, 15) is 4.79 Å². The lowest BCUT2D eigenvalue weighted by Crippen LogP contribution is -2.24. The molecule has 1 amide bonds. The highest BCUT2D eigenvalue weighted by atomic mass is 35.5. The quantitative estimate of drug-likeness (QED) is 0.264. The predicted octanol–water partition coefficient (Wildman–Crippen LogP) is 5.61. The summed E-state index contributed by atoms with van der Waals surface area (Å²) in [5.41, 5.74) is 1.45. The van der Waals surface area contributed by atoms with Gasteiger partial charge in [0.2, 0.25) is 11.8 Å². The highest BCUT2D eigenvalue weighted by Gasteiger charge is 2.35. The van der Waals surface area contributed by atoms with E-state index in [0.717, 1.165) is 11.6 Å². The number of methoxy groups -OCH3 is 1. The Hall–Kier alpha value is -1.80. The van der Waals surface area contributed by atoms with Crippen molar-refractivity contribution in [2.24, 2.45) is 0 Å². The van der Waals surface area contributed by atoms with E-state index in [2.05, 4.69) is 24.6 Å². The van der Waals surface area contributed by atoms with Crippen molar-refractivity contribution in [3.63, 3.8) is 0 Å². The number of nitrogens with zero attached hydrogens (tertiary/aromatic N) is 2. The number of benzene rings is 1. The van der Waals surface area contributed by atoms with Gasteiger partial charge in [-0.3, -0.25) is 4.79 Å².